The Morgan fingerprint density at radius 2 is 1.54 bits per heavy atom. The summed E-state index contributed by atoms with van der Waals surface area (Å²) in [6.45, 7) is 0. The Labute approximate surface area is 178 Å². The van der Waals surface area contributed by atoms with Gasteiger partial charge in [0.1, 0.15) is 4.21 Å². The number of fused-ring (bicyclic) bond motifs is 1. The van der Waals surface area contributed by atoms with Crippen molar-refractivity contribution in [3.63, 3.8) is 0 Å². The predicted molar refractivity (Wildman–Crippen MR) is 117 cm³/mol. The van der Waals surface area contributed by atoms with Gasteiger partial charge in [-0.2, -0.15) is 0 Å². The van der Waals surface area contributed by atoms with Crippen molar-refractivity contribution in [1.82, 2.24) is 9.97 Å². The van der Waals surface area contributed by atoms with Crippen LogP contribution in [0, 0.1) is 0 Å². The van der Waals surface area contributed by atoms with E-state index in [1.165, 1.54) is 6.07 Å². The highest BCUT2D eigenvalue weighted by molar-refractivity contribution is 9.11. The maximum atomic E-state index is 12.8. The molecule has 0 bridgehead atoms. The van der Waals surface area contributed by atoms with Crippen LogP contribution in [0.15, 0.2) is 68.7 Å². The van der Waals surface area contributed by atoms with Gasteiger partial charge in [-0.1, -0.05) is 35.9 Å². The first kappa shape index (κ1) is 19.1. The van der Waals surface area contributed by atoms with E-state index >= 15 is 0 Å². The Kier molecular flexibility index (Phi) is 5.24. The Bertz CT molecular complexity index is 1280. The molecule has 2 N–H and O–H groups in total. The van der Waals surface area contributed by atoms with Gasteiger partial charge in [-0.15, -0.1) is 11.3 Å². The van der Waals surface area contributed by atoms with Crippen LogP contribution in [0.3, 0.4) is 0 Å². The van der Waals surface area contributed by atoms with E-state index in [0.29, 0.717) is 25.5 Å². The zero-order valence-corrected chi connectivity index (χ0v) is 18.0. The SMILES string of the molecule is O=S(=O)(Nc1nc2ccccc2nc1Nc1ccccc1Cl)c1ccc(Br)s1. The first-order valence-electron chi connectivity index (χ1n) is 7.99. The Balaban J connectivity index is 1.80. The summed E-state index contributed by atoms with van der Waals surface area (Å²) in [4.78, 5) is 8.98. The number of aromatic nitrogens is 2. The summed E-state index contributed by atoms with van der Waals surface area (Å²) in [5.41, 5.74) is 1.78. The second-order valence-electron chi connectivity index (χ2n) is 5.68. The van der Waals surface area contributed by atoms with Crippen LogP contribution in [0.1, 0.15) is 0 Å². The van der Waals surface area contributed by atoms with Gasteiger partial charge in [0.15, 0.2) is 11.6 Å². The van der Waals surface area contributed by atoms with Gasteiger partial charge in [-0.3, -0.25) is 4.72 Å². The number of anilines is 3. The molecule has 0 radical (unpaired) electrons. The van der Waals surface area contributed by atoms with Crippen molar-refractivity contribution < 1.29 is 8.42 Å². The van der Waals surface area contributed by atoms with Crippen LogP contribution in [0.5, 0.6) is 0 Å². The molecular weight excluding hydrogens is 484 g/mol. The summed E-state index contributed by atoms with van der Waals surface area (Å²) in [6.07, 6.45) is 0. The van der Waals surface area contributed by atoms with Crippen molar-refractivity contribution in [2.45, 2.75) is 4.21 Å². The average Bonchev–Trinajstić information content (AvgIpc) is 3.11. The Morgan fingerprint density at radius 3 is 2.18 bits per heavy atom. The van der Waals surface area contributed by atoms with Crippen LogP contribution >= 0.6 is 38.9 Å². The maximum Gasteiger partial charge on any atom is 0.272 e. The van der Waals surface area contributed by atoms with E-state index in [2.05, 4.69) is 35.9 Å². The second-order valence-corrected chi connectivity index (χ2v) is 10.5. The molecule has 2 heterocycles. The molecule has 0 amide bonds. The lowest BCUT2D eigenvalue weighted by molar-refractivity contribution is 0.603. The van der Waals surface area contributed by atoms with Crippen molar-refractivity contribution in [2.24, 2.45) is 0 Å². The third-order valence-corrected chi connectivity index (χ3v) is 7.53. The standard InChI is InChI=1S/C18H12BrClN4O2S2/c19-15-9-10-16(27-15)28(25,26)24-18-17(21-12-6-2-1-5-11(12)20)22-13-7-3-4-8-14(13)23-18/h1-10H,(H,21,22)(H,23,24). The lowest BCUT2D eigenvalue weighted by Crippen LogP contribution is -2.15. The number of thiophene rings is 1. The monoisotopic (exact) mass is 494 g/mol. The van der Waals surface area contributed by atoms with Crippen LogP contribution in [-0.2, 0) is 10.0 Å². The van der Waals surface area contributed by atoms with E-state index in [-0.39, 0.29) is 15.8 Å². The van der Waals surface area contributed by atoms with Crippen LogP contribution in [0.25, 0.3) is 11.0 Å². The zero-order valence-electron chi connectivity index (χ0n) is 14.1. The van der Waals surface area contributed by atoms with Crippen molar-refractivity contribution in [3.05, 3.63) is 69.5 Å². The number of nitrogens with one attached hydrogen (secondary N) is 2. The fraction of sp³-hybridized carbons (Fsp3) is 0. The lowest BCUT2D eigenvalue weighted by Gasteiger charge is -2.14. The molecule has 0 aliphatic carbocycles. The van der Waals surface area contributed by atoms with E-state index in [1.54, 1.807) is 36.4 Å². The van der Waals surface area contributed by atoms with Gasteiger partial charge in [-0.05, 0) is 52.3 Å². The number of halogens is 2. The Hall–Kier alpha value is -2.20. The molecule has 0 unspecified atom stereocenters. The number of hydrogen-bond donors (Lipinski definition) is 2. The summed E-state index contributed by atoms with van der Waals surface area (Å²) in [7, 11) is -3.82. The van der Waals surface area contributed by atoms with Crippen molar-refractivity contribution in [3.8, 4) is 0 Å². The minimum Gasteiger partial charge on any atom is -0.336 e. The summed E-state index contributed by atoms with van der Waals surface area (Å²) < 4.78 is 29.0. The first-order valence-corrected chi connectivity index (χ1v) is 11.5. The van der Waals surface area contributed by atoms with Crippen molar-refractivity contribution >= 4 is 77.2 Å². The molecule has 0 saturated heterocycles. The molecule has 4 rings (SSSR count). The number of nitrogens with zero attached hydrogens (tertiary/aromatic N) is 2. The molecule has 2 aromatic carbocycles. The number of hydrogen-bond acceptors (Lipinski definition) is 6. The van der Waals surface area contributed by atoms with Crippen molar-refractivity contribution in [2.75, 3.05) is 10.0 Å². The molecule has 0 atom stereocenters. The largest absolute Gasteiger partial charge is 0.336 e. The molecule has 0 spiro atoms. The number of benzene rings is 2. The molecular formula is C18H12BrClN4O2S2. The summed E-state index contributed by atoms with van der Waals surface area (Å²) in [5, 5.41) is 3.55. The van der Waals surface area contributed by atoms with E-state index in [1.807, 2.05) is 18.2 Å². The highest BCUT2D eigenvalue weighted by atomic mass is 79.9. The van der Waals surface area contributed by atoms with Crippen LogP contribution in [0.4, 0.5) is 17.3 Å². The highest BCUT2D eigenvalue weighted by Gasteiger charge is 2.21. The molecule has 0 aliphatic heterocycles. The van der Waals surface area contributed by atoms with Gasteiger partial charge in [0, 0.05) is 0 Å². The predicted octanol–water partition coefficient (Wildman–Crippen LogP) is 5.65. The molecule has 0 saturated carbocycles. The van der Waals surface area contributed by atoms with E-state index in [9.17, 15) is 8.42 Å². The van der Waals surface area contributed by atoms with Gasteiger partial charge in [0.05, 0.1) is 25.5 Å². The number of para-hydroxylation sites is 3. The molecule has 4 aromatic rings. The van der Waals surface area contributed by atoms with Gasteiger partial charge < -0.3 is 5.32 Å². The molecule has 0 aliphatic rings. The minimum atomic E-state index is -3.82. The second kappa shape index (κ2) is 7.67. The van der Waals surface area contributed by atoms with E-state index in [4.69, 9.17) is 11.6 Å². The van der Waals surface area contributed by atoms with Crippen LogP contribution in [-0.4, -0.2) is 18.4 Å². The summed E-state index contributed by atoms with van der Waals surface area (Å²) in [6, 6.07) is 17.5. The fourth-order valence-electron chi connectivity index (χ4n) is 2.47. The lowest BCUT2D eigenvalue weighted by atomic mass is 10.3. The molecule has 2 aromatic heterocycles. The summed E-state index contributed by atoms with van der Waals surface area (Å²) in [5.74, 6) is 0.342. The third kappa shape index (κ3) is 3.97. The van der Waals surface area contributed by atoms with E-state index in [0.717, 1.165) is 11.3 Å². The average molecular weight is 496 g/mol. The van der Waals surface area contributed by atoms with Gasteiger partial charge in [0.25, 0.3) is 10.0 Å². The van der Waals surface area contributed by atoms with Gasteiger partial charge in [-0.25, -0.2) is 18.4 Å². The topological polar surface area (TPSA) is 84.0 Å². The Morgan fingerprint density at radius 1 is 0.893 bits per heavy atom. The quantitative estimate of drug-likeness (QED) is 0.374. The summed E-state index contributed by atoms with van der Waals surface area (Å²) >= 11 is 10.6. The van der Waals surface area contributed by atoms with Gasteiger partial charge in [0.2, 0.25) is 0 Å². The van der Waals surface area contributed by atoms with Crippen LogP contribution in [0.2, 0.25) is 5.02 Å². The number of sulfonamides is 1. The van der Waals surface area contributed by atoms with E-state index < -0.39 is 10.0 Å². The van der Waals surface area contributed by atoms with Crippen LogP contribution < -0.4 is 10.0 Å². The van der Waals surface area contributed by atoms with Crippen molar-refractivity contribution in [1.29, 1.82) is 0 Å². The normalized spacial score (nSPS) is 11.5. The first-order chi connectivity index (χ1) is 13.4. The zero-order chi connectivity index (χ0) is 19.7. The smallest absolute Gasteiger partial charge is 0.272 e. The molecule has 10 heteroatoms. The molecule has 6 nitrogen and oxygen atoms in total. The van der Waals surface area contributed by atoms with Gasteiger partial charge >= 0.3 is 0 Å². The molecule has 0 fully saturated rings. The molecule has 142 valence electrons. The minimum absolute atomic E-state index is 0.0862. The third-order valence-electron chi connectivity index (χ3n) is 3.74. The molecule has 28 heavy (non-hydrogen) atoms. The maximum absolute atomic E-state index is 12.8. The number of rotatable bonds is 5. The fourth-order valence-corrected chi connectivity index (χ4v) is 5.67. The highest BCUT2D eigenvalue weighted by Crippen LogP contribution is 2.32.